The lowest BCUT2D eigenvalue weighted by atomic mass is 9.81. The van der Waals surface area contributed by atoms with Crippen LogP contribution in [0.3, 0.4) is 0 Å². The van der Waals surface area contributed by atoms with E-state index >= 15 is 0 Å². The maximum absolute atomic E-state index is 13.7. The number of sulfone groups is 1. The summed E-state index contributed by atoms with van der Waals surface area (Å²) in [5.41, 5.74) is 0.559. The quantitative estimate of drug-likeness (QED) is 0.301. The number of carboxylic acid groups (broad SMARTS) is 1. The van der Waals surface area contributed by atoms with Crippen LogP contribution in [0.4, 0.5) is 4.79 Å². The topological polar surface area (TPSA) is 148 Å². The van der Waals surface area contributed by atoms with Crippen LogP contribution in [0.5, 0.6) is 0 Å². The summed E-state index contributed by atoms with van der Waals surface area (Å²) in [6.07, 6.45) is -0.730. The molecule has 0 aliphatic carbocycles. The predicted octanol–water partition coefficient (Wildman–Crippen LogP) is 6.39. The van der Waals surface area contributed by atoms with E-state index in [0.29, 0.717) is 25.6 Å². The third kappa shape index (κ3) is 6.30. The number of halogens is 2. The number of carbonyl (C=O) groups is 2. The number of hydrogen-bond donors (Lipinski definition) is 2. The molecule has 0 spiro atoms. The molecule has 0 aliphatic rings. The molecule has 3 aromatic carbocycles. The highest BCUT2D eigenvalue weighted by Crippen LogP contribution is 2.49. The van der Waals surface area contributed by atoms with Crippen molar-refractivity contribution in [2.45, 2.75) is 30.5 Å². The maximum Gasteiger partial charge on any atom is 0.406 e. The van der Waals surface area contributed by atoms with Gasteiger partial charge in [-0.25, -0.2) is 13.2 Å². The number of nitriles is 2. The number of hydrogen-bond acceptors (Lipinski definition) is 6. The Kier molecular flexibility index (Phi) is 9.99. The Hall–Kier alpha value is -3.51. The van der Waals surface area contributed by atoms with Gasteiger partial charge >= 0.3 is 6.09 Å². The molecular formula is C27H23Br2N3O5S. The van der Waals surface area contributed by atoms with Crippen LogP contribution in [0.15, 0.2) is 80.6 Å². The Balaban J connectivity index is 0.000000384. The van der Waals surface area contributed by atoms with Crippen LogP contribution in [0.1, 0.15) is 47.8 Å². The molecule has 1 unspecified atom stereocenters. The van der Waals surface area contributed by atoms with Gasteiger partial charge in [0.1, 0.15) is 0 Å². The highest BCUT2D eigenvalue weighted by molar-refractivity contribution is 9.10. The second-order valence-corrected chi connectivity index (χ2v) is 12.7. The number of nitrogens with one attached hydrogen (secondary N) is 1. The van der Waals surface area contributed by atoms with Crippen LogP contribution in [0.25, 0.3) is 0 Å². The molecule has 3 rings (SSSR count). The Morgan fingerprint density at radius 3 is 1.87 bits per heavy atom. The number of nitrogens with zero attached hydrogens (tertiary/aromatic N) is 2. The lowest BCUT2D eigenvalue weighted by Gasteiger charge is -2.44. The van der Waals surface area contributed by atoms with Gasteiger partial charge in [-0.3, -0.25) is 10.1 Å². The van der Waals surface area contributed by atoms with Gasteiger partial charge in [-0.2, -0.15) is 10.5 Å². The van der Waals surface area contributed by atoms with Crippen LogP contribution in [-0.4, -0.2) is 25.9 Å². The molecule has 3 aromatic rings. The predicted molar refractivity (Wildman–Crippen MR) is 149 cm³/mol. The van der Waals surface area contributed by atoms with E-state index in [9.17, 15) is 23.1 Å². The van der Waals surface area contributed by atoms with Gasteiger partial charge in [0.05, 0.1) is 28.2 Å². The van der Waals surface area contributed by atoms with Gasteiger partial charge in [0, 0.05) is 25.5 Å². The standard InChI is InChI=1S/C19H19BrN2O4S.C8H4BrNO/c1-18(2,3)19(22-17(23)24,15-10-9-13(12-21)11-16(15)20)27(25,26)14-7-5-4-6-8-14;9-8-3-6(4-10)1-2-7(8)5-11/h4-11,22H,1-3H3,(H,23,24);1-3,5H. The summed E-state index contributed by atoms with van der Waals surface area (Å²) < 4.78 is 28.4. The van der Waals surface area contributed by atoms with Crippen molar-refractivity contribution in [3.8, 4) is 12.1 Å². The van der Waals surface area contributed by atoms with Crippen molar-refractivity contribution in [3.05, 3.63) is 97.9 Å². The molecule has 0 radical (unpaired) electrons. The van der Waals surface area contributed by atoms with Gasteiger partial charge in [0.25, 0.3) is 0 Å². The zero-order valence-electron chi connectivity index (χ0n) is 20.6. The smallest absolute Gasteiger partial charge is 0.406 e. The molecule has 0 fully saturated rings. The van der Waals surface area contributed by atoms with E-state index in [1.165, 1.54) is 30.3 Å². The van der Waals surface area contributed by atoms with Crippen LogP contribution in [0, 0.1) is 28.1 Å². The minimum absolute atomic E-state index is 0.00932. The fourth-order valence-electron chi connectivity index (χ4n) is 3.76. The Morgan fingerprint density at radius 1 is 0.921 bits per heavy atom. The van der Waals surface area contributed by atoms with Crippen molar-refractivity contribution in [2.24, 2.45) is 5.41 Å². The lowest BCUT2D eigenvalue weighted by Crippen LogP contribution is -2.59. The van der Waals surface area contributed by atoms with Gasteiger partial charge in [-0.1, -0.05) is 76.9 Å². The summed E-state index contributed by atoms with van der Waals surface area (Å²) in [5.74, 6) is 0. The van der Waals surface area contributed by atoms with Gasteiger partial charge in [0.15, 0.2) is 11.2 Å². The molecule has 0 saturated carbocycles. The third-order valence-corrected chi connectivity index (χ3v) is 9.51. The maximum atomic E-state index is 13.7. The van der Waals surface area contributed by atoms with Crippen molar-refractivity contribution in [1.82, 2.24) is 5.32 Å². The molecule has 38 heavy (non-hydrogen) atoms. The summed E-state index contributed by atoms with van der Waals surface area (Å²) in [6.45, 7) is 4.94. The number of aldehydes is 1. The zero-order chi connectivity index (χ0) is 28.7. The van der Waals surface area contributed by atoms with Crippen LogP contribution >= 0.6 is 31.9 Å². The molecule has 8 nitrogen and oxygen atoms in total. The molecule has 0 aliphatic heterocycles. The third-order valence-electron chi connectivity index (χ3n) is 5.53. The van der Waals surface area contributed by atoms with Crippen molar-refractivity contribution in [2.75, 3.05) is 0 Å². The Labute approximate surface area is 238 Å². The molecule has 1 atom stereocenters. The summed E-state index contributed by atoms with van der Waals surface area (Å²) in [6, 6.07) is 20.9. The minimum Gasteiger partial charge on any atom is -0.465 e. The second kappa shape index (κ2) is 12.4. The molecule has 0 saturated heterocycles. The first-order chi connectivity index (χ1) is 17.7. The van der Waals surface area contributed by atoms with Crippen LogP contribution < -0.4 is 5.32 Å². The van der Waals surface area contributed by atoms with Gasteiger partial charge in [-0.05, 0) is 42.5 Å². The summed E-state index contributed by atoms with van der Waals surface area (Å²) in [5, 5.41) is 29.4. The highest BCUT2D eigenvalue weighted by atomic mass is 79.9. The SMILES string of the molecule is CC(C)(C)C(NC(=O)O)(c1ccc(C#N)cc1Br)S(=O)(=O)c1ccccc1.N#Cc1ccc(C=O)c(Br)c1. The Morgan fingerprint density at radius 2 is 1.45 bits per heavy atom. The number of carbonyl (C=O) groups excluding carboxylic acids is 1. The average Bonchev–Trinajstić information content (AvgIpc) is 2.87. The second-order valence-electron chi connectivity index (χ2n) is 8.95. The van der Waals surface area contributed by atoms with Crippen LogP contribution in [-0.2, 0) is 14.7 Å². The fraction of sp³-hybridized carbons (Fsp3) is 0.185. The van der Waals surface area contributed by atoms with Crippen LogP contribution in [0.2, 0.25) is 0 Å². The normalized spacial score (nSPS) is 12.5. The summed E-state index contributed by atoms with van der Waals surface area (Å²) >= 11 is 6.49. The van der Waals surface area contributed by atoms with E-state index in [4.69, 9.17) is 10.5 Å². The number of rotatable bonds is 5. The fourth-order valence-corrected chi connectivity index (χ4v) is 7.41. The van der Waals surface area contributed by atoms with Crippen molar-refractivity contribution < 1.29 is 23.1 Å². The zero-order valence-corrected chi connectivity index (χ0v) is 24.6. The molecule has 1 amide bonds. The van der Waals surface area contributed by atoms with Gasteiger partial charge < -0.3 is 5.11 Å². The van der Waals surface area contributed by atoms with E-state index < -0.39 is 26.2 Å². The lowest BCUT2D eigenvalue weighted by molar-refractivity contribution is 0.112. The van der Waals surface area contributed by atoms with E-state index in [-0.39, 0.29) is 10.5 Å². The monoisotopic (exact) mass is 659 g/mol. The van der Waals surface area contributed by atoms with Crippen molar-refractivity contribution in [3.63, 3.8) is 0 Å². The molecule has 11 heteroatoms. The molecule has 0 heterocycles. The minimum atomic E-state index is -4.22. The first kappa shape index (κ1) is 30.7. The molecule has 0 bridgehead atoms. The first-order valence-electron chi connectivity index (χ1n) is 10.9. The van der Waals surface area contributed by atoms with E-state index in [0.717, 1.165) is 6.29 Å². The molecule has 0 aromatic heterocycles. The largest absolute Gasteiger partial charge is 0.465 e. The average molecular weight is 661 g/mol. The number of benzene rings is 3. The first-order valence-corrected chi connectivity index (χ1v) is 14.0. The van der Waals surface area contributed by atoms with E-state index in [1.807, 2.05) is 12.1 Å². The van der Waals surface area contributed by atoms with E-state index in [2.05, 4.69) is 37.2 Å². The molecule has 2 N–H and O–H groups in total. The highest BCUT2D eigenvalue weighted by Gasteiger charge is 2.57. The van der Waals surface area contributed by atoms with Gasteiger partial charge in [0.2, 0.25) is 9.84 Å². The van der Waals surface area contributed by atoms with Crippen molar-refractivity contribution in [1.29, 1.82) is 10.5 Å². The van der Waals surface area contributed by atoms with Crippen molar-refractivity contribution >= 4 is 54.1 Å². The van der Waals surface area contributed by atoms with E-state index in [1.54, 1.807) is 57.2 Å². The Bertz CT molecular complexity index is 1540. The molecule has 196 valence electrons. The molecular weight excluding hydrogens is 638 g/mol. The number of amides is 1. The summed E-state index contributed by atoms with van der Waals surface area (Å²) in [4.78, 5) is 20.0. The van der Waals surface area contributed by atoms with Gasteiger partial charge in [-0.15, -0.1) is 0 Å². The summed E-state index contributed by atoms with van der Waals surface area (Å²) in [7, 11) is -4.22.